The minimum atomic E-state index is -0.525. The molecular weight excluding hydrogens is 452 g/mol. The summed E-state index contributed by atoms with van der Waals surface area (Å²) in [5.41, 5.74) is 3.34. The van der Waals surface area contributed by atoms with Gasteiger partial charge in [0.2, 0.25) is 0 Å². The predicted molar refractivity (Wildman–Crippen MR) is 123 cm³/mol. The van der Waals surface area contributed by atoms with Gasteiger partial charge in [-0.1, -0.05) is 29.8 Å². The van der Waals surface area contributed by atoms with E-state index in [0.29, 0.717) is 34.5 Å². The second kappa shape index (κ2) is 8.93. The number of hydrogen-bond donors (Lipinski definition) is 1. The van der Waals surface area contributed by atoms with Crippen molar-refractivity contribution in [2.45, 2.75) is 26.9 Å². The van der Waals surface area contributed by atoms with Crippen molar-refractivity contribution in [1.29, 1.82) is 0 Å². The quantitative estimate of drug-likeness (QED) is 0.312. The van der Waals surface area contributed by atoms with Gasteiger partial charge in [0.15, 0.2) is 5.82 Å². The van der Waals surface area contributed by atoms with Crippen molar-refractivity contribution < 1.29 is 9.72 Å². The first-order chi connectivity index (χ1) is 15.3. The van der Waals surface area contributed by atoms with Crippen molar-refractivity contribution in [2.24, 2.45) is 0 Å². The number of nitro groups is 1. The fourth-order valence-electron chi connectivity index (χ4n) is 3.19. The predicted octanol–water partition coefficient (Wildman–Crippen LogP) is 4.67. The smallest absolute Gasteiger partial charge is 0.358 e. The maximum absolute atomic E-state index is 12.7. The molecule has 4 rings (SSSR count). The molecule has 0 radical (unpaired) electrons. The number of nitrogens with one attached hydrogen (secondary N) is 1. The van der Waals surface area contributed by atoms with E-state index in [1.165, 1.54) is 17.4 Å². The molecule has 4 aromatic rings. The van der Waals surface area contributed by atoms with Crippen LogP contribution in [0.2, 0.25) is 5.02 Å². The molecular formula is C21H19ClN6O3S. The Bertz CT molecular complexity index is 1310. The molecule has 0 spiro atoms. The number of carbonyl (C=O) groups excluding carboxylic acids is 1. The SMILES string of the molecule is Cc1cc(NC(=O)c2cc(Cn3nc([N+](=O)[O-])cc3C)cs2)nn1Cc1ccccc1Cl. The highest BCUT2D eigenvalue weighted by Crippen LogP contribution is 2.21. The third-order valence-electron chi connectivity index (χ3n) is 4.87. The fraction of sp³-hybridized carbons (Fsp3) is 0.190. The van der Waals surface area contributed by atoms with E-state index in [1.807, 2.05) is 36.6 Å². The minimum absolute atomic E-state index is 0.196. The Labute approximate surface area is 192 Å². The molecule has 0 aliphatic carbocycles. The Hall–Kier alpha value is -3.50. The van der Waals surface area contributed by atoms with Crippen LogP contribution in [-0.2, 0) is 13.1 Å². The van der Waals surface area contributed by atoms with Crippen LogP contribution in [0.4, 0.5) is 11.6 Å². The Morgan fingerprint density at radius 2 is 1.84 bits per heavy atom. The Balaban J connectivity index is 1.43. The first-order valence-corrected chi connectivity index (χ1v) is 10.9. The van der Waals surface area contributed by atoms with E-state index in [-0.39, 0.29) is 11.7 Å². The number of nitrogens with zero attached hydrogens (tertiary/aromatic N) is 5. The highest BCUT2D eigenvalue weighted by atomic mass is 35.5. The second-order valence-corrected chi connectivity index (χ2v) is 8.57. The molecule has 9 nitrogen and oxygen atoms in total. The van der Waals surface area contributed by atoms with Gasteiger partial charge >= 0.3 is 5.82 Å². The molecule has 0 bridgehead atoms. The summed E-state index contributed by atoms with van der Waals surface area (Å²) in [6.07, 6.45) is 0. The second-order valence-electron chi connectivity index (χ2n) is 7.25. The standard InChI is InChI=1S/C21H19ClN6O3S/c1-13-7-19(24-27(13)11-16-5-3-4-6-17(16)22)23-21(29)18-9-15(12-32-18)10-26-14(2)8-20(25-26)28(30)31/h3-9,12H,10-11H2,1-2H3,(H,23,24,29). The van der Waals surface area contributed by atoms with Crippen LogP contribution in [0.3, 0.4) is 0 Å². The largest absolute Gasteiger partial charge is 0.390 e. The summed E-state index contributed by atoms with van der Waals surface area (Å²) in [4.78, 5) is 23.6. The molecule has 1 N–H and O–H groups in total. The first kappa shape index (κ1) is 21.7. The van der Waals surface area contributed by atoms with Gasteiger partial charge in [-0.15, -0.1) is 11.3 Å². The normalized spacial score (nSPS) is 11.0. The lowest BCUT2D eigenvalue weighted by atomic mass is 10.2. The molecule has 0 atom stereocenters. The number of aryl methyl sites for hydroxylation is 2. The number of halogens is 1. The number of anilines is 1. The highest BCUT2D eigenvalue weighted by molar-refractivity contribution is 7.12. The van der Waals surface area contributed by atoms with E-state index in [0.717, 1.165) is 16.8 Å². The van der Waals surface area contributed by atoms with Crippen LogP contribution in [0.25, 0.3) is 0 Å². The molecule has 1 amide bonds. The fourth-order valence-corrected chi connectivity index (χ4v) is 4.18. The van der Waals surface area contributed by atoms with Crippen LogP contribution >= 0.6 is 22.9 Å². The molecule has 3 aromatic heterocycles. The van der Waals surface area contributed by atoms with Gasteiger partial charge in [-0.2, -0.15) is 9.78 Å². The molecule has 0 saturated heterocycles. The summed E-state index contributed by atoms with van der Waals surface area (Å²) in [5.74, 6) is -0.0155. The van der Waals surface area contributed by atoms with Gasteiger partial charge in [-0.3, -0.25) is 9.48 Å². The van der Waals surface area contributed by atoms with E-state index < -0.39 is 4.92 Å². The van der Waals surface area contributed by atoms with Gasteiger partial charge in [0.25, 0.3) is 5.91 Å². The zero-order chi connectivity index (χ0) is 22.8. The average Bonchev–Trinajstić information content (AvgIpc) is 3.44. The van der Waals surface area contributed by atoms with Crippen LogP contribution in [0.1, 0.15) is 32.2 Å². The number of thiophene rings is 1. The number of amides is 1. The molecule has 0 unspecified atom stereocenters. The number of carbonyl (C=O) groups is 1. The van der Waals surface area contributed by atoms with Crippen LogP contribution in [-0.4, -0.2) is 30.4 Å². The van der Waals surface area contributed by atoms with Gasteiger partial charge < -0.3 is 15.4 Å². The topological polar surface area (TPSA) is 108 Å². The molecule has 32 heavy (non-hydrogen) atoms. The van der Waals surface area contributed by atoms with Gasteiger partial charge in [0.05, 0.1) is 34.8 Å². The van der Waals surface area contributed by atoms with E-state index in [2.05, 4.69) is 15.5 Å². The van der Waals surface area contributed by atoms with E-state index in [4.69, 9.17) is 11.6 Å². The van der Waals surface area contributed by atoms with Crippen LogP contribution in [0.15, 0.2) is 47.8 Å². The Kier molecular flexibility index (Phi) is 6.06. The van der Waals surface area contributed by atoms with Gasteiger partial charge in [0, 0.05) is 16.8 Å². The van der Waals surface area contributed by atoms with Crippen LogP contribution < -0.4 is 5.32 Å². The van der Waals surface area contributed by atoms with Crippen LogP contribution in [0, 0.1) is 24.0 Å². The number of hydrogen-bond acceptors (Lipinski definition) is 6. The lowest BCUT2D eigenvalue weighted by molar-refractivity contribution is -0.389. The van der Waals surface area contributed by atoms with E-state index in [9.17, 15) is 14.9 Å². The third kappa shape index (κ3) is 4.71. The third-order valence-corrected chi connectivity index (χ3v) is 6.21. The van der Waals surface area contributed by atoms with Crippen molar-refractivity contribution in [3.8, 4) is 0 Å². The monoisotopic (exact) mass is 470 g/mol. The van der Waals surface area contributed by atoms with Gasteiger partial charge in [-0.25, -0.2) is 0 Å². The highest BCUT2D eigenvalue weighted by Gasteiger charge is 2.17. The summed E-state index contributed by atoms with van der Waals surface area (Å²) in [5, 5.41) is 24.7. The number of benzene rings is 1. The van der Waals surface area contributed by atoms with Crippen molar-refractivity contribution in [3.05, 3.63) is 90.4 Å². The lowest BCUT2D eigenvalue weighted by Crippen LogP contribution is -2.11. The number of rotatable bonds is 7. The van der Waals surface area contributed by atoms with Crippen molar-refractivity contribution in [1.82, 2.24) is 19.6 Å². The maximum atomic E-state index is 12.7. The molecule has 0 aliphatic rings. The Morgan fingerprint density at radius 1 is 1.12 bits per heavy atom. The zero-order valence-electron chi connectivity index (χ0n) is 17.3. The summed E-state index contributed by atoms with van der Waals surface area (Å²) in [6.45, 7) is 4.50. The summed E-state index contributed by atoms with van der Waals surface area (Å²) < 4.78 is 3.33. The Morgan fingerprint density at radius 3 is 2.56 bits per heavy atom. The summed E-state index contributed by atoms with van der Waals surface area (Å²) in [6, 6.07) is 12.5. The van der Waals surface area contributed by atoms with Crippen molar-refractivity contribution in [2.75, 3.05) is 5.32 Å². The zero-order valence-corrected chi connectivity index (χ0v) is 18.9. The molecule has 164 valence electrons. The molecule has 0 fully saturated rings. The summed E-state index contributed by atoms with van der Waals surface area (Å²) >= 11 is 7.53. The molecule has 3 heterocycles. The number of aromatic nitrogens is 4. The van der Waals surface area contributed by atoms with Gasteiger partial charge in [-0.05, 0) is 47.4 Å². The van der Waals surface area contributed by atoms with Crippen molar-refractivity contribution >= 4 is 40.5 Å². The molecule has 0 saturated carbocycles. The minimum Gasteiger partial charge on any atom is -0.358 e. The summed E-state index contributed by atoms with van der Waals surface area (Å²) in [7, 11) is 0. The van der Waals surface area contributed by atoms with E-state index in [1.54, 1.807) is 28.4 Å². The molecule has 11 heteroatoms. The first-order valence-electron chi connectivity index (χ1n) is 9.65. The van der Waals surface area contributed by atoms with Crippen molar-refractivity contribution in [3.63, 3.8) is 0 Å². The molecule has 0 aliphatic heterocycles. The lowest BCUT2D eigenvalue weighted by Gasteiger charge is -2.06. The van der Waals surface area contributed by atoms with Crippen LogP contribution in [0.5, 0.6) is 0 Å². The van der Waals surface area contributed by atoms with E-state index >= 15 is 0 Å². The van der Waals surface area contributed by atoms with Gasteiger partial charge in [0.1, 0.15) is 0 Å². The average molecular weight is 471 g/mol. The molecule has 1 aromatic carbocycles. The maximum Gasteiger partial charge on any atom is 0.390 e.